The second kappa shape index (κ2) is 9.88. The molecule has 10 heteroatoms. The number of carboxylic acid groups (broad SMARTS) is 1. The number of nitrogens with one attached hydrogen (secondary N) is 3. The van der Waals surface area contributed by atoms with E-state index in [-0.39, 0.29) is 23.3 Å². The average Bonchev–Trinajstić information content (AvgIpc) is 2.56. The molecule has 0 aromatic carbocycles. The van der Waals surface area contributed by atoms with Crippen LogP contribution in [-0.2, 0) is 16.1 Å². The van der Waals surface area contributed by atoms with Crippen LogP contribution < -0.4 is 16.0 Å². The normalized spacial score (nSPS) is 13.7. The van der Waals surface area contributed by atoms with Gasteiger partial charge in [-0.25, -0.2) is 9.37 Å². The predicted molar refractivity (Wildman–Crippen MR) is 95.9 cm³/mol. The van der Waals surface area contributed by atoms with E-state index in [1.165, 1.54) is 26.0 Å². The van der Waals surface area contributed by atoms with Gasteiger partial charge in [0.1, 0.15) is 23.3 Å². The molecule has 8 nitrogen and oxygen atoms in total. The highest BCUT2D eigenvalue weighted by molar-refractivity contribution is 7.80. The van der Waals surface area contributed by atoms with Crippen LogP contribution in [0.2, 0.25) is 0 Å². The summed E-state index contributed by atoms with van der Waals surface area (Å²) in [6.45, 7) is 4.76. The molecule has 0 radical (unpaired) electrons. The number of allylic oxidation sites excluding steroid dienone is 1. The average molecular weight is 384 g/mol. The lowest BCUT2D eigenvalue weighted by atomic mass is 10.2. The maximum absolute atomic E-state index is 13.7. The van der Waals surface area contributed by atoms with Crippen molar-refractivity contribution in [2.75, 3.05) is 0 Å². The fourth-order valence-corrected chi connectivity index (χ4v) is 1.88. The molecule has 1 rings (SSSR count). The Morgan fingerprint density at radius 2 is 2.00 bits per heavy atom. The maximum Gasteiger partial charge on any atom is 0.325 e. The molecule has 142 valence electrons. The van der Waals surface area contributed by atoms with Crippen LogP contribution in [0.15, 0.2) is 23.9 Å². The molecule has 1 heterocycles. The second-order valence-electron chi connectivity index (χ2n) is 5.41. The van der Waals surface area contributed by atoms with E-state index < -0.39 is 29.6 Å². The monoisotopic (exact) mass is 384 g/mol. The fraction of sp³-hybridized carbons (Fsp3) is 0.375. The summed E-state index contributed by atoms with van der Waals surface area (Å²) < 4.78 is 13.7. The Labute approximate surface area is 155 Å². The lowest BCUT2D eigenvalue weighted by Crippen LogP contribution is -2.42. The van der Waals surface area contributed by atoms with E-state index in [4.69, 9.17) is 5.11 Å². The first-order valence-electron chi connectivity index (χ1n) is 7.73. The van der Waals surface area contributed by atoms with Gasteiger partial charge in [0.25, 0.3) is 11.8 Å². The number of amides is 2. The second-order valence-corrected chi connectivity index (χ2v) is 6.18. The Kier molecular flexibility index (Phi) is 8.20. The van der Waals surface area contributed by atoms with Crippen molar-refractivity contribution in [1.82, 2.24) is 20.9 Å². The molecule has 2 amide bonds. The fourth-order valence-electron chi connectivity index (χ4n) is 1.79. The van der Waals surface area contributed by atoms with Crippen LogP contribution in [0.4, 0.5) is 4.39 Å². The van der Waals surface area contributed by atoms with Crippen LogP contribution in [0.25, 0.3) is 0 Å². The SMILES string of the molecule is C/C=C(\NC(=O)c1cc(F)cc(CNC(C)S)n1)C(=O)N[C@@H](C)C(=O)O. The number of nitrogens with zero attached hydrogens (tertiary/aromatic N) is 1. The number of carboxylic acids is 1. The topological polar surface area (TPSA) is 120 Å². The predicted octanol–water partition coefficient (Wildman–Crippen LogP) is 0.809. The number of hydrogen-bond acceptors (Lipinski definition) is 6. The van der Waals surface area contributed by atoms with Crippen molar-refractivity contribution in [3.63, 3.8) is 0 Å². The minimum atomic E-state index is -1.22. The highest BCUT2D eigenvalue weighted by Crippen LogP contribution is 2.07. The summed E-state index contributed by atoms with van der Waals surface area (Å²) in [5.74, 6) is -3.45. The molecule has 0 aliphatic heterocycles. The Bertz CT molecular complexity index is 724. The molecular formula is C16H21FN4O4S. The summed E-state index contributed by atoms with van der Waals surface area (Å²) >= 11 is 4.14. The first kappa shape index (κ1) is 21.6. The van der Waals surface area contributed by atoms with Crippen LogP contribution >= 0.6 is 12.6 Å². The summed E-state index contributed by atoms with van der Waals surface area (Å²) in [6.07, 6.45) is 1.30. The van der Waals surface area contributed by atoms with Crippen LogP contribution in [0.1, 0.15) is 37.0 Å². The summed E-state index contributed by atoms with van der Waals surface area (Å²) in [5, 5.41) is 16.1. The van der Waals surface area contributed by atoms with Crippen LogP contribution in [-0.4, -0.2) is 39.3 Å². The molecule has 0 aliphatic carbocycles. The van der Waals surface area contributed by atoms with Gasteiger partial charge in [0.2, 0.25) is 0 Å². The molecule has 2 atom stereocenters. The van der Waals surface area contributed by atoms with Crippen molar-refractivity contribution in [3.05, 3.63) is 41.1 Å². The standard InChI is InChI=1S/C16H21FN4O4S/c1-4-12(14(22)19-8(2)16(24)25)21-15(23)13-6-10(17)5-11(20-13)7-18-9(3)26/h4-6,8-9,18,26H,7H2,1-3H3,(H,19,22)(H,21,23)(H,24,25)/b12-4-/t8-,9?/m0/s1. The van der Waals surface area contributed by atoms with Crippen molar-refractivity contribution in [1.29, 1.82) is 0 Å². The zero-order chi connectivity index (χ0) is 19.9. The molecule has 1 aromatic heterocycles. The molecule has 1 unspecified atom stereocenters. The number of carbonyl (C=O) groups is 3. The highest BCUT2D eigenvalue weighted by Gasteiger charge is 2.20. The van der Waals surface area contributed by atoms with Crippen molar-refractivity contribution >= 4 is 30.4 Å². The van der Waals surface area contributed by atoms with Gasteiger partial charge in [-0.05, 0) is 26.8 Å². The van der Waals surface area contributed by atoms with Gasteiger partial charge in [0.15, 0.2) is 0 Å². The first-order chi connectivity index (χ1) is 12.1. The lowest BCUT2D eigenvalue weighted by molar-refractivity contribution is -0.140. The van der Waals surface area contributed by atoms with Crippen molar-refractivity contribution in [2.24, 2.45) is 0 Å². The van der Waals surface area contributed by atoms with Gasteiger partial charge < -0.3 is 21.1 Å². The summed E-state index contributed by atoms with van der Waals surface area (Å²) in [7, 11) is 0. The maximum atomic E-state index is 13.7. The van der Waals surface area contributed by atoms with Crippen LogP contribution in [0.5, 0.6) is 0 Å². The zero-order valence-corrected chi connectivity index (χ0v) is 15.4. The van der Waals surface area contributed by atoms with E-state index in [1.54, 1.807) is 6.92 Å². The lowest BCUT2D eigenvalue weighted by Gasteiger charge is -2.13. The largest absolute Gasteiger partial charge is 0.480 e. The van der Waals surface area contributed by atoms with Crippen LogP contribution in [0.3, 0.4) is 0 Å². The minimum absolute atomic E-state index is 0.146. The number of pyridine rings is 1. The van der Waals surface area contributed by atoms with Gasteiger partial charge in [-0.2, -0.15) is 12.6 Å². The molecule has 0 aliphatic rings. The third-order valence-corrected chi connectivity index (χ3v) is 3.34. The molecular weight excluding hydrogens is 363 g/mol. The molecule has 0 fully saturated rings. The Balaban J connectivity index is 2.88. The number of rotatable bonds is 8. The summed E-state index contributed by atoms with van der Waals surface area (Å²) in [6, 6.07) is 0.980. The van der Waals surface area contributed by atoms with E-state index in [2.05, 4.69) is 33.6 Å². The Morgan fingerprint density at radius 3 is 2.54 bits per heavy atom. The van der Waals surface area contributed by atoms with Gasteiger partial charge in [-0.3, -0.25) is 14.4 Å². The Hall–Kier alpha value is -2.46. The van der Waals surface area contributed by atoms with Gasteiger partial charge in [0, 0.05) is 18.0 Å². The van der Waals surface area contributed by atoms with Gasteiger partial charge in [-0.15, -0.1) is 0 Å². The van der Waals surface area contributed by atoms with E-state index in [1.807, 2.05) is 0 Å². The van der Waals surface area contributed by atoms with E-state index in [9.17, 15) is 18.8 Å². The number of carbonyl (C=O) groups excluding carboxylic acids is 2. The highest BCUT2D eigenvalue weighted by atomic mass is 32.1. The molecule has 0 spiro atoms. The van der Waals surface area contributed by atoms with E-state index >= 15 is 0 Å². The summed E-state index contributed by atoms with van der Waals surface area (Å²) in [5.41, 5.74) is -0.0908. The van der Waals surface area contributed by atoms with Crippen molar-refractivity contribution in [2.45, 2.75) is 38.7 Å². The van der Waals surface area contributed by atoms with Crippen molar-refractivity contribution in [3.8, 4) is 0 Å². The van der Waals surface area contributed by atoms with E-state index in [0.29, 0.717) is 5.69 Å². The smallest absolute Gasteiger partial charge is 0.325 e. The quantitative estimate of drug-likeness (QED) is 0.257. The van der Waals surface area contributed by atoms with E-state index in [0.717, 1.165) is 6.07 Å². The number of aromatic nitrogens is 1. The molecule has 4 N–H and O–H groups in total. The van der Waals surface area contributed by atoms with Crippen molar-refractivity contribution < 1.29 is 23.9 Å². The zero-order valence-electron chi connectivity index (χ0n) is 14.5. The van der Waals surface area contributed by atoms with Crippen LogP contribution in [0, 0.1) is 5.82 Å². The third kappa shape index (κ3) is 6.81. The number of halogens is 1. The number of aliphatic carboxylic acids is 1. The number of hydrogen-bond donors (Lipinski definition) is 5. The third-order valence-electron chi connectivity index (χ3n) is 3.15. The van der Waals surface area contributed by atoms with Gasteiger partial charge >= 0.3 is 5.97 Å². The van der Waals surface area contributed by atoms with Gasteiger partial charge in [0.05, 0.1) is 5.69 Å². The van der Waals surface area contributed by atoms with Gasteiger partial charge in [-0.1, -0.05) is 6.08 Å². The number of thiol groups is 1. The molecule has 0 saturated carbocycles. The first-order valence-corrected chi connectivity index (χ1v) is 8.25. The molecule has 1 aromatic rings. The minimum Gasteiger partial charge on any atom is -0.480 e. The summed E-state index contributed by atoms with van der Waals surface area (Å²) in [4.78, 5) is 39.1. The molecule has 0 bridgehead atoms. The molecule has 0 saturated heterocycles. The molecule has 26 heavy (non-hydrogen) atoms. The Morgan fingerprint density at radius 1 is 1.35 bits per heavy atom.